The molecule has 0 saturated heterocycles. The molecule has 3 rings (SSSR count). The molecule has 21 heavy (non-hydrogen) atoms. The molecule has 0 aromatic heterocycles. The molecule has 1 atom stereocenters. The van der Waals surface area contributed by atoms with Gasteiger partial charge in [0.1, 0.15) is 0 Å². The average Bonchev–Trinajstić information content (AvgIpc) is 2.54. The summed E-state index contributed by atoms with van der Waals surface area (Å²) in [7, 11) is 0. The summed E-state index contributed by atoms with van der Waals surface area (Å²) >= 11 is 1.64. The smallest absolute Gasteiger partial charge is 0.236 e. The topological polar surface area (TPSA) is 20.3 Å². The third kappa shape index (κ3) is 3.30. The standard InChI is InChI=1S/C18H19NOS/c1-14(21-17-9-3-2-4-10-17)18(20)19-12-11-15-7-5-6-8-16(15)13-19/h2-10,14H,11-13H2,1H3/t14-/m0/s1. The number of carbonyl (C=O) groups is 1. The summed E-state index contributed by atoms with van der Waals surface area (Å²) < 4.78 is 0. The van der Waals surface area contributed by atoms with Crippen LogP contribution in [0.4, 0.5) is 0 Å². The van der Waals surface area contributed by atoms with Gasteiger partial charge in [0.25, 0.3) is 0 Å². The van der Waals surface area contributed by atoms with Gasteiger partial charge in [0.05, 0.1) is 5.25 Å². The molecule has 2 nitrogen and oxygen atoms in total. The fraction of sp³-hybridized carbons (Fsp3) is 0.278. The summed E-state index contributed by atoms with van der Waals surface area (Å²) in [4.78, 5) is 15.8. The number of carbonyl (C=O) groups excluding carboxylic acids is 1. The second kappa shape index (κ2) is 6.35. The molecule has 1 heterocycles. The van der Waals surface area contributed by atoms with Gasteiger partial charge in [0.2, 0.25) is 5.91 Å². The highest BCUT2D eigenvalue weighted by molar-refractivity contribution is 8.00. The van der Waals surface area contributed by atoms with E-state index in [1.54, 1.807) is 11.8 Å². The second-order valence-corrected chi connectivity index (χ2v) is 6.77. The lowest BCUT2D eigenvalue weighted by molar-refractivity contribution is -0.131. The molecule has 1 aliphatic rings. The number of benzene rings is 2. The Bertz CT molecular complexity index is 626. The van der Waals surface area contributed by atoms with Crippen LogP contribution in [0.3, 0.4) is 0 Å². The van der Waals surface area contributed by atoms with Crippen LogP contribution in [0.2, 0.25) is 0 Å². The molecule has 0 spiro atoms. The molecular formula is C18H19NOS. The third-order valence-corrected chi connectivity index (χ3v) is 4.95. The van der Waals surface area contributed by atoms with E-state index in [4.69, 9.17) is 0 Å². The molecule has 0 saturated carbocycles. The molecule has 2 aromatic rings. The van der Waals surface area contributed by atoms with E-state index in [9.17, 15) is 4.79 Å². The Balaban J connectivity index is 1.66. The van der Waals surface area contributed by atoms with Gasteiger partial charge >= 0.3 is 0 Å². The summed E-state index contributed by atoms with van der Waals surface area (Å²) in [6, 6.07) is 18.5. The lowest BCUT2D eigenvalue weighted by Gasteiger charge is -2.30. The van der Waals surface area contributed by atoms with Crippen molar-refractivity contribution >= 4 is 17.7 Å². The number of fused-ring (bicyclic) bond motifs is 1. The lowest BCUT2D eigenvalue weighted by Crippen LogP contribution is -2.40. The zero-order valence-corrected chi connectivity index (χ0v) is 13.0. The summed E-state index contributed by atoms with van der Waals surface area (Å²) in [5.74, 6) is 0.235. The van der Waals surface area contributed by atoms with Gasteiger partial charge in [-0.3, -0.25) is 4.79 Å². The van der Waals surface area contributed by atoms with Crippen LogP contribution in [0.1, 0.15) is 18.1 Å². The van der Waals surface area contributed by atoms with Crippen molar-refractivity contribution in [1.82, 2.24) is 4.90 Å². The number of amides is 1. The molecule has 0 bridgehead atoms. The van der Waals surface area contributed by atoms with Crippen molar-refractivity contribution in [2.45, 2.75) is 30.0 Å². The lowest BCUT2D eigenvalue weighted by atomic mass is 10.00. The molecule has 0 aliphatic carbocycles. The van der Waals surface area contributed by atoms with Gasteiger partial charge in [-0.15, -0.1) is 11.8 Å². The van der Waals surface area contributed by atoms with Crippen molar-refractivity contribution < 1.29 is 4.79 Å². The molecular weight excluding hydrogens is 278 g/mol. The summed E-state index contributed by atoms with van der Waals surface area (Å²) in [5.41, 5.74) is 2.67. The number of thioether (sulfide) groups is 1. The van der Waals surface area contributed by atoms with Crippen molar-refractivity contribution in [1.29, 1.82) is 0 Å². The minimum absolute atomic E-state index is 0.0438. The number of hydrogen-bond donors (Lipinski definition) is 0. The first kappa shape index (κ1) is 14.2. The highest BCUT2D eigenvalue weighted by atomic mass is 32.2. The normalized spacial score (nSPS) is 15.4. The number of nitrogens with zero attached hydrogens (tertiary/aromatic N) is 1. The Morgan fingerprint density at radius 2 is 1.71 bits per heavy atom. The van der Waals surface area contributed by atoms with Gasteiger partial charge in [0.15, 0.2) is 0 Å². The molecule has 0 fully saturated rings. The third-order valence-electron chi connectivity index (χ3n) is 3.85. The van der Waals surface area contributed by atoms with E-state index in [0.717, 1.165) is 24.4 Å². The largest absolute Gasteiger partial charge is 0.337 e. The predicted octanol–water partition coefficient (Wildman–Crippen LogP) is 3.75. The van der Waals surface area contributed by atoms with Crippen LogP contribution in [-0.2, 0) is 17.8 Å². The van der Waals surface area contributed by atoms with E-state index in [1.165, 1.54) is 11.1 Å². The first-order valence-corrected chi connectivity index (χ1v) is 8.19. The number of hydrogen-bond acceptors (Lipinski definition) is 2. The fourth-order valence-corrected chi connectivity index (χ4v) is 3.67. The van der Waals surface area contributed by atoms with Crippen LogP contribution in [-0.4, -0.2) is 22.6 Å². The Morgan fingerprint density at radius 3 is 2.48 bits per heavy atom. The quantitative estimate of drug-likeness (QED) is 0.804. The summed E-state index contributed by atoms with van der Waals surface area (Å²) in [5, 5.41) is -0.0438. The molecule has 0 unspecified atom stereocenters. The van der Waals surface area contributed by atoms with Gasteiger partial charge < -0.3 is 4.90 Å². The van der Waals surface area contributed by atoms with Crippen molar-refractivity contribution in [3.8, 4) is 0 Å². The van der Waals surface area contributed by atoms with Gasteiger partial charge in [-0.1, -0.05) is 42.5 Å². The average molecular weight is 297 g/mol. The van der Waals surface area contributed by atoms with Crippen LogP contribution in [0.25, 0.3) is 0 Å². The Kier molecular flexibility index (Phi) is 4.30. The number of rotatable bonds is 3. The minimum atomic E-state index is -0.0438. The van der Waals surface area contributed by atoms with Crippen LogP contribution in [0, 0.1) is 0 Å². The molecule has 0 N–H and O–H groups in total. The molecule has 1 amide bonds. The summed E-state index contributed by atoms with van der Waals surface area (Å²) in [6.45, 7) is 3.57. The van der Waals surface area contributed by atoms with Gasteiger partial charge in [0, 0.05) is 18.0 Å². The molecule has 2 aromatic carbocycles. The van der Waals surface area contributed by atoms with Crippen LogP contribution in [0.15, 0.2) is 59.5 Å². The Labute approximate surface area is 130 Å². The molecule has 108 valence electrons. The maximum Gasteiger partial charge on any atom is 0.236 e. The fourth-order valence-electron chi connectivity index (χ4n) is 2.69. The predicted molar refractivity (Wildman–Crippen MR) is 87.3 cm³/mol. The van der Waals surface area contributed by atoms with E-state index in [-0.39, 0.29) is 11.2 Å². The zero-order chi connectivity index (χ0) is 14.7. The van der Waals surface area contributed by atoms with Gasteiger partial charge in [-0.05, 0) is 36.6 Å². The molecule has 3 heteroatoms. The van der Waals surface area contributed by atoms with E-state index < -0.39 is 0 Å². The van der Waals surface area contributed by atoms with Crippen molar-refractivity contribution in [2.24, 2.45) is 0 Å². The van der Waals surface area contributed by atoms with Crippen LogP contribution < -0.4 is 0 Å². The maximum atomic E-state index is 12.6. The first-order chi connectivity index (χ1) is 10.2. The van der Waals surface area contributed by atoms with Crippen LogP contribution in [0.5, 0.6) is 0 Å². The van der Waals surface area contributed by atoms with Crippen molar-refractivity contribution in [3.05, 3.63) is 65.7 Å². The van der Waals surface area contributed by atoms with Gasteiger partial charge in [-0.2, -0.15) is 0 Å². The van der Waals surface area contributed by atoms with E-state index >= 15 is 0 Å². The molecule has 1 aliphatic heterocycles. The highest BCUT2D eigenvalue weighted by Gasteiger charge is 2.24. The Hall–Kier alpha value is -1.74. The maximum absolute atomic E-state index is 12.6. The van der Waals surface area contributed by atoms with Crippen molar-refractivity contribution in [3.63, 3.8) is 0 Å². The monoisotopic (exact) mass is 297 g/mol. The second-order valence-electron chi connectivity index (χ2n) is 5.35. The van der Waals surface area contributed by atoms with E-state index in [1.807, 2.05) is 30.0 Å². The first-order valence-electron chi connectivity index (χ1n) is 7.31. The summed E-state index contributed by atoms with van der Waals surface area (Å²) in [6.07, 6.45) is 0.963. The molecule has 0 radical (unpaired) electrons. The highest BCUT2D eigenvalue weighted by Crippen LogP contribution is 2.26. The minimum Gasteiger partial charge on any atom is -0.337 e. The van der Waals surface area contributed by atoms with Crippen molar-refractivity contribution in [2.75, 3.05) is 6.54 Å². The zero-order valence-electron chi connectivity index (χ0n) is 12.2. The SMILES string of the molecule is C[C@H](Sc1ccccc1)C(=O)N1CCc2ccccc2C1. The Morgan fingerprint density at radius 1 is 1.05 bits per heavy atom. The van der Waals surface area contributed by atoms with E-state index in [2.05, 4.69) is 36.4 Å². The van der Waals surface area contributed by atoms with Gasteiger partial charge in [-0.25, -0.2) is 0 Å². The van der Waals surface area contributed by atoms with Crippen LogP contribution >= 0.6 is 11.8 Å². The van der Waals surface area contributed by atoms with E-state index in [0.29, 0.717) is 0 Å².